The lowest BCUT2D eigenvalue weighted by molar-refractivity contribution is -0.139. The van der Waals surface area contributed by atoms with Gasteiger partial charge in [-0.3, -0.25) is 9.69 Å². The van der Waals surface area contributed by atoms with Crippen LogP contribution in [0.4, 0.5) is 13.2 Å². The Labute approximate surface area is 110 Å². The summed E-state index contributed by atoms with van der Waals surface area (Å²) in [6.45, 7) is 0.614. The lowest BCUT2D eigenvalue weighted by atomic mass is 10.0. The van der Waals surface area contributed by atoms with Gasteiger partial charge < -0.3 is 10.6 Å². The first kappa shape index (κ1) is 14.6. The molecule has 2 saturated heterocycles. The third-order valence-electron chi connectivity index (χ3n) is 3.81. The van der Waals surface area contributed by atoms with Crippen LogP contribution < -0.4 is 10.6 Å². The highest BCUT2D eigenvalue weighted by Crippen LogP contribution is 2.24. The molecule has 0 aliphatic carbocycles. The van der Waals surface area contributed by atoms with Gasteiger partial charge in [0, 0.05) is 12.1 Å². The number of carbonyl (C=O) groups is 1. The normalized spacial score (nSPS) is 28.8. The van der Waals surface area contributed by atoms with Gasteiger partial charge in [0.2, 0.25) is 5.91 Å². The van der Waals surface area contributed by atoms with Crippen LogP contribution in [-0.4, -0.2) is 55.2 Å². The number of nitrogens with one attached hydrogen (secondary N) is 2. The standard InChI is InChI=1S/C12H20F3N3O/c13-12(14,15)8-17-11(19)7-18-6-2-4-10(18)9-3-1-5-16-9/h9-10,16H,1-8H2,(H,17,19). The Balaban J connectivity index is 1.78. The number of rotatable bonds is 4. The summed E-state index contributed by atoms with van der Waals surface area (Å²) in [6, 6.07) is 0.678. The average molecular weight is 279 g/mol. The van der Waals surface area contributed by atoms with Gasteiger partial charge in [0.15, 0.2) is 0 Å². The maximum Gasteiger partial charge on any atom is 0.405 e. The van der Waals surface area contributed by atoms with Gasteiger partial charge in [-0.15, -0.1) is 0 Å². The second-order valence-corrected chi connectivity index (χ2v) is 5.27. The minimum absolute atomic E-state index is 0.0684. The van der Waals surface area contributed by atoms with Gasteiger partial charge in [0.1, 0.15) is 6.54 Å². The number of carbonyl (C=O) groups excluding carboxylic acids is 1. The van der Waals surface area contributed by atoms with E-state index in [2.05, 4.69) is 5.32 Å². The molecule has 0 spiro atoms. The molecule has 2 N–H and O–H groups in total. The molecule has 2 unspecified atom stereocenters. The van der Waals surface area contributed by atoms with E-state index in [-0.39, 0.29) is 6.54 Å². The largest absolute Gasteiger partial charge is 0.405 e. The molecule has 2 aliphatic heterocycles. The van der Waals surface area contributed by atoms with E-state index in [9.17, 15) is 18.0 Å². The highest BCUT2D eigenvalue weighted by atomic mass is 19.4. The van der Waals surface area contributed by atoms with Crippen LogP contribution in [0.2, 0.25) is 0 Å². The van der Waals surface area contributed by atoms with Crippen molar-refractivity contribution in [3.8, 4) is 0 Å². The quantitative estimate of drug-likeness (QED) is 0.803. The van der Waals surface area contributed by atoms with Crippen molar-refractivity contribution in [1.29, 1.82) is 0 Å². The zero-order valence-electron chi connectivity index (χ0n) is 10.8. The molecule has 1 amide bonds. The van der Waals surface area contributed by atoms with E-state index < -0.39 is 18.6 Å². The van der Waals surface area contributed by atoms with Gasteiger partial charge in [0.05, 0.1) is 6.54 Å². The number of nitrogens with zero attached hydrogens (tertiary/aromatic N) is 1. The Kier molecular flexibility index (Phi) is 4.67. The Hall–Kier alpha value is -0.820. The number of likely N-dealkylation sites (tertiary alicyclic amines) is 1. The summed E-state index contributed by atoms with van der Waals surface area (Å²) >= 11 is 0. The third kappa shape index (κ3) is 4.35. The third-order valence-corrected chi connectivity index (χ3v) is 3.81. The van der Waals surface area contributed by atoms with Crippen molar-refractivity contribution in [2.24, 2.45) is 0 Å². The summed E-state index contributed by atoms with van der Waals surface area (Å²) in [6.07, 6.45) is -0.0900. The van der Waals surface area contributed by atoms with Crippen LogP contribution in [0.25, 0.3) is 0 Å². The number of halogens is 3. The molecule has 0 radical (unpaired) electrons. The Bertz CT molecular complexity index is 316. The predicted molar refractivity (Wildman–Crippen MR) is 64.7 cm³/mol. The maximum absolute atomic E-state index is 12.0. The fourth-order valence-corrected chi connectivity index (χ4v) is 2.98. The van der Waals surface area contributed by atoms with Crippen molar-refractivity contribution in [1.82, 2.24) is 15.5 Å². The average Bonchev–Trinajstić information content (AvgIpc) is 2.94. The van der Waals surface area contributed by atoms with Crippen molar-refractivity contribution in [3.05, 3.63) is 0 Å². The van der Waals surface area contributed by atoms with Crippen LogP contribution in [0.15, 0.2) is 0 Å². The van der Waals surface area contributed by atoms with Gasteiger partial charge in [-0.1, -0.05) is 0 Å². The first-order valence-corrected chi connectivity index (χ1v) is 6.76. The van der Waals surface area contributed by atoms with E-state index in [1.165, 1.54) is 0 Å². The SMILES string of the molecule is O=C(CN1CCCC1C1CCCN1)NCC(F)(F)F. The molecule has 0 aromatic rings. The fourth-order valence-electron chi connectivity index (χ4n) is 2.98. The first-order chi connectivity index (χ1) is 8.96. The molecule has 2 atom stereocenters. The number of alkyl halides is 3. The molecule has 0 bridgehead atoms. The van der Waals surface area contributed by atoms with E-state index in [4.69, 9.17) is 0 Å². The van der Waals surface area contributed by atoms with Crippen molar-refractivity contribution < 1.29 is 18.0 Å². The van der Waals surface area contributed by atoms with Crippen LogP contribution in [0, 0.1) is 0 Å². The van der Waals surface area contributed by atoms with Crippen molar-refractivity contribution >= 4 is 5.91 Å². The summed E-state index contributed by atoms with van der Waals surface area (Å²) < 4.78 is 36.0. The highest BCUT2D eigenvalue weighted by Gasteiger charge is 2.34. The van der Waals surface area contributed by atoms with Gasteiger partial charge in [0.25, 0.3) is 0 Å². The Morgan fingerprint density at radius 1 is 1.32 bits per heavy atom. The smallest absolute Gasteiger partial charge is 0.346 e. The fraction of sp³-hybridized carbons (Fsp3) is 0.917. The van der Waals surface area contributed by atoms with Crippen LogP contribution in [0.5, 0.6) is 0 Å². The molecule has 110 valence electrons. The molecule has 2 heterocycles. The molecule has 19 heavy (non-hydrogen) atoms. The van der Waals surface area contributed by atoms with Gasteiger partial charge in [-0.25, -0.2) is 0 Å². The second kappa shape index (κ2) is 6.09. The van der Waals surface area contributed by atoms with E-state index in [1.807, 2.05) is 10.2 Å². The second-order valence-electron chi connectivity index (χ2n) is 5.27. The zero-order chi connectivity index (χ0) is 13.9. The topological polar surface area (TPSA) is 44.4 Å². The van der Waals surface area contributed by atoms with Crippen molar-refractivity contribution in [2.45, 2.75) is 43.9 Å². The number of hydrogen-bond acceptors (Lipinski definition) is 3. The maximum atomic E-state index is 12.0. The monoisotopic (exact) mass is 279 g/mol. The summed E-state index contributed by atoms with van der Waals surface area (Å²) in [5.41, 5.74) is 0. The molecule has 0 saturated carbocycles. The minimum atomic E-state index is -4.34. The molecular formula is C12H20F3N3O. The molecule has 2 fully saturated rings. The molecule has 7 heteroatoms. The lowest BCUT2D eigenvalue weighted by Gasteiger charge is -2.28. The number of amides is 1. The molecule has 0 aromatic heterocycles. The van der Waals surface area contributed by atoms with Gasteiger partial charge in [-0.05, 0) is 38.8 Å². The van der Waals surface area contributed by atoms with E-state index in [0.717, 1.165) is 38.8 Å². The predicted octanol–water partition coefficient (Wildman–Crippen LogP) is 0.881. The molecular weight excluding hydrogens is 259 g/mol. The van der Waals surface area contributed by atoms with Crippen LogP contribution >= 0.6 is 0 Å². The van der Waals surface area contributed by atoms with Crippen molar-refractivity contribution in [2.75, 3.05) is 26.2 Å². The lowest BCUT2D eigenvalue weighted by Crippen LogP contribution is -2.48. The van der Waals surface area contributed by atoms with Crippen LogP contribution in [0.1, 0.15) is 25.7 Å². The van der Waals surface area contributed by atoms with Crippen LogP contribution in [0.3, 0.4) is 0 Å². The van der Waals surface area contributed by atoms with E-state index in [1.54, 1.807) is 0 Å². The minimum Gasteiger partial charge on any atom is -0.346 e. The summed E-state index contributed by atoms with van der Waals surface area (Å²) in [5, 5.41) is 5.34. The van der Waals surface area contributed by atoms with Crippen molar-refractivity contribution in [3.63, 3.8) is 0 Å². The van der Waals surface area contributed by atoms with Crippen LogP contribution in [-0.2, 0) is 4.79 Å². The number of hydrogen-bond donors (Lipinski definition) is 2. The van der Waals surface area contributed by atoms with E-state index in [0.29, 0.717) is 12.1 Å². The Morgan fingerprint density at radius 3 is 2.74 bits per heavy atom. The first-order valence-electron chi connectivity index (χ1n) is 6.76. The van der Waals surface area contributed by atoms with Gasteiger partial charge in [-0.2, -0.15) is 13.2 Å². The van der Waals surface area contributed by atoms with Gasteiger partial charge >= 0.3 is 6.18 Å². The molecule has 2 aliphatic rings. The molecule has 0 aromatic carbocycles. The summed E-state index contributed by atoms with van der Waals surface area (Å²) in [5.74, 6) is -0.540. The zero-order valence-corrected chi connectivity index (χ0v) is 10.8. The molecule has 4 nitrogen and oxygen atoms in total. The molecule has 2 rings (SSSR count). The highest BCUT2D eigenvalue weighted by molar-refractivity contribution is 5.78. The summed E-state index contributed by atoms with van der Waals surface area (Å²) in [7, 11) is 0. The van der Waals surface area contributed by atoms with E-state index >= 15 is 0 Å². The summed E-state index contributed by atoms with van der Waals surface area (Å²) in [4.78, 5) is 13.5. The Morgan fingerprint density at radius 2 is 2.11 bits per heavy atom.